The molecule has 142 valence electrons. The minimum atomic E-state index is -4.45. The summed E-state index contributed by atoms with van der Waals surface area (Å²) in [6, 6.07) is 4.16. The van der Waals surface area contributed by atoms with Crippen LogP contribution in [0.15, 0.2) is 30.6 Å². The molecule has 0 fully saturated rings. The van der Waals surface area contributed by atoms with Crippen LogP contribution in [0.1, 0.15) is 24.3 Å². The highest BCUT2D eigenvalue weighted by molar-refractivity contribution is 7.19. The number of thiophene rings is 1. The molecule has 27 heavy (non-hydrogen) atoms. The van der Waals surface area contributed by atoms with E-state index in [0.717, 1.165) is 17.0 Å². The number of nitrogens with one attached hydrogen (secondary N) is 1. The number of fused-ring (bicyclic) bond motifs is 1. The van der Waals surface area contributed by atoms with E-state index in [1.54, 1.807) is 6.07 Å². The van der Waals surface area contributed by atoms with Crippen LogP contribution in [0.2, 0.25) is 0 Å². The predicted octanol–water partition coefficient (Wildman–Crippen LogP) is 4.82. The van der Waals surface area contributed by atoms with E-state index in [2.05, 4.69) is 15.3 Å². The van der Waals surface area contributed by atoms with Crippen LogP contribution in [-0.2, 0) is 17.4 Å². The Hall–Kier alpha value is -2.68. The molecule has 0 amide bonds. The average molecular weight is 395 g/mol. The fourth-order valence-electron chi connectivity index (χ4n) is 2.76. The minimum Gasteiger partial charge on any atom is -0.480 e. The normalized spacial score (nSPS) is 12.9. The third-order valence-electron chi connectivity index (χ3n) is 4.08. The van der Waals surface area contributed by atoms with Gasteiger partial charge in [-0.25, -0.2) is 9.97 Å². The highest BCUT2D eigenvalue weighted by Gasteiger charge is 2.31. The lowest BCUT2D eigenvalue weighted by atomic mass is 9.99. The van der Waals surface area contributed by atoms with Gasteiger partial charge in [-0.15, -0.1) is 11.3 Å². The topological polar surface area (TPSA) is 75.1 Å². The Labute approximate surface area is 156 Å². The van der Waals surface area contributed by atoms with E-state index in [0.29, 0.717) is 33.6 Å². The molecule has 1 aromatic carbocycles. The molecule has 0 radical (unpaired) electrons. The Morgan fingerprint density at radius 3 is 2.70 bits per heavy atom. The maximum absolute atomic E-state index is 13.1. The van der Waals surface area contributed by atoms with Crippen molar-refractivity contribution in [2.24, 2.45) is 0 Å². The van der Waals surface area contributed by atoms with Crippen LogP contribution < -0.4 is 5.32 Å². The van der Waals surface area contributed by atoms with Crippen LogP contribution in [0.4, 0.5) is 19.0 Å². The summed E-state index contributed by atoms with van der Waals surface area (Å²) in [6.45, 7) is 3.37. The first-order valence-electron chi connectivity index (χ1n) is 8.15. The summed E-state index contributed by atoms with van der Waals surface area (Å²) in [5.41, 5.74) is 0.254. The molecule has 2 heterocycles. The number of carboxylic acid groups (broad SMARTS) is 1. The van der Waals surface area contributed by atoms with Gasteiger partial charge in [-0.05, 0) is 31.0 Å². The summed E-state index contributed by atoms with van der Waals surface area (Å²) in [5.74, 6) is -0.772. The van der Waals surface area contributed by atoms with E-state index >= 15 is 0 Å². The van der Waals surface area contributed by atoms with Crippen LogP contribution in [0.5, 0.6) is 0 Å². The van der Waals surface area contributed by atoms with Crippen molar-refractivity contribution in [2.75, 3.05) is 5.32 Å². The molecule has 2 aromatic heterocycles. The first-order chi connectivity index (χ1) is 12.7. The number of aromatic nitrogens is 2. The number of aryl methyl sites for hydroxylation is 1. The van der Waals surface area contributed by atoms with Crippen molar-refractivity contribution in [3.8, 4) is 11.1 Å². The number of alkyl halides is 3. The number of anilines is 1. The van der Waals surface area contributed by atoms with Gasteiger partial charge in [0.15, 0.2) is 0 Å². The molecule has 0 unspecified atom stereocenters. The van der Waals surface area contributed by atoms with Gasteiger partial charge < -0.3 is 10.4 Å². The highest BCUT2D eigenvalue weighted by Crippen LogP contribution is 2.42. The zero-order valence-electron chi connectivity index (χ0n) is 14.5. The molecular weight excluding hydrogens is 379 g/mol. The summed E-state index contributed by atoms with van der Waals surface area (Å²) >= 11 is 1.36. The van der Waals surface area contributed by atoms with Crippen molar-refractivity contribution >= 4 is 33.3 Å². The Kier molecular flexibility index (Phi) is 5.05. The Bertz CT molecular complexity index is 1000. The number of nitrogens with zero attached hydrogens (tertiary/aromatic N) is 2. The zero-order valence-corrected chi connectivity index (χ0v) is 15.3. The molecule has 3 rings (SSSR count). The van der Waals surface area contributed by atoms with E-state index in [1.807, 2.05) is 6.92 Å². The van der Waals surface area contributed by atoms with Crippen molar-refractivity contribution in [1.82, 2.24) is 9.97 Å². The molecule has 3 aromatic rings. The standard InChI is InChI=1S/C18H16F3N3O2S/c1-3-12-13(10-5-4-6-11(7-10)18(19,20)21)14-15(24-9(2)17(25)26)22-8-23-16(14)27-12/h4-9H,3H2,1-2H3,(H,25,26)(H,22,23,24)/t9-/m0/s1. The molecule has 0 aliphatic rings. The maximum Gasteiger partial charge on any atom is 0.416 e. The molecule has 0 spiro atoms. The number of rotatable bonds is 5. The van der Waals surface area contributed by atoms with Crippen LogP contribution in [0.25, 0.3) is 21.3 Å². The monoisotopic (exact) mass is 395 g/mol. The number of hydrogen-bond donors (Lipinski definition) is 2. The fourth-order valence-corrected chi connectivity index (χ4v) is 3.86. The van der Waals surface area contributed by atoms with Crippen molar-refractivity contribution in [3.05, 3.63) is 41.0 Å². The second-order valence-electron chi connectivity index (χ2n) is 5.94. The highest BCUT2D eigenvalue weighted by atomic mass is 32.1. The summed E-state index contributed by atoms with van der Waals surface area (Å²) in [5, 5.41) is 12.5. The van der Waals surface area contributed by atoms with E-state index in [9.17, 15) is 18.0 Å². The maximum atomic E-state index is 13.1. The van der Waals surface area contributed by atoms with Crippen molar-refractivity contribution < 1.29 is 23.1 Å². The number of carbonyl (C=O) groups is 1. The summed E-state index contributed by atoms with van der Waals surface area (Å²) < 4.78 is 39.4. The van der Waals surface area contributed by atoms with Gasteiger partial charge in [-0.3, -0.25) is 4.79 Å². The van der Waals surface area contributed by atoms with Crippen LogP contribution in [0.3, 0.4) is 0 Å². The molecule has 9 heteroatoms. The van der Waals surface area contributed by atoms with Crippen molar-refractivity contribution in [1.29, 1.82) is 0 Å². The molecule has 0 saturated heterocycles. The van der Waals surface area contributed by atoms with E-state index in [1.165, 1.54) is 30.7 Å². The number of aliphatic carboxylic acids is 1. The molecule has 0 bridgehead atoms. The summed E-state index contributed by atoms with van der Waals surface area (Å²) in [7, 11) is 0. The van der Waals surface area contributed by atoms with Gasteiger partial charge in [0.05, 0.1) is 10.9 Å². The van der Waals surface area contributed by atoms with Gasteiger partial charge in [0.2, 0.25) is 0 Å². The third kappa shape index (κ3) is 3.73. The van der Waals surface area contributed by atoms with Gasteiger partial charge in [-0.2, -0.15) is 13.2 Å². The SMILES string of the molecule is CCc1sc2ncnc(N[C@@H](C)C(=O)O)c2c1-c1cccc(C(F)(F)F)c1. The molecule has 0 aliphatic heterocycles. The van der Waals surface area contributed by atoms with E-state index in [4.69, 9.17) is 5.11 Å². The van der Waals surface area contributed by atoms with Gasteiger partial charge >= 0.3 is 12.1 Å². The number of carboxylic acids is 1. The first kappa shape index (κ1) is 19.1. The summed E-state index contributed by atoms with van der Waals surface area (Å²) in [6.07, 6.45) is -2.55. The smallest absolute Gasteiger partial charge is 0.416 e. The summed E-state index contributed by atoms with van der Waals surface area (Å²) in [4.78, 5) is 21.0. The van der Waals surface area contributed by atoms with Gasteiger partial charge in [0, 0.05) is 10.4 Å². The fraction of sp³-hybridized carbons (Fsp3) is 0.278. The van der Waals surface area contributed by atoms with Crippen molar-refractivity contribution in [2.45, 2.75) is 32.5 Å². The van der Waals surface area contributed by atoms with Gasteiger partial charge in [-0.1, -0.05) is 19.1 Å². The van der Waals surface area contributed by atoms with Gasteiger partial charge in [0.1, 0.15) is 23.0 Å². The predicted molar refractivity (Wildman–Crippen MR) is 98.0 cm³/mol. The van der Waals surface area contributed by atoms with Crippen molar-refractivity contribution in [3.63, 3.8) is 0 Å². The van der Waals surface area contributed by atoms with Crippen LogP contribution in [0, 0.1) is 0 Å². The average Bonchev–Trinajstić information content (AvgIpc) is 3.00. The van der Waals surface area contributed by atoms with E-state index < -0.39 is 23.8 Å². The molecule has 2 N–H and O–H groups in total. The number of hydrogen-bond acceptors (Lipinski definition) is 5. The molecule has 5 nitrogen and oxygen atoms in total. The molecule has 0 saturated carbocycles. The lowest BCUT2D eigenvalue weighted by Gasteiger charge is -2.13. The first-order valence-corrected chi connectivity index (χ1v) is 8.97. The number of benzene rings is 1. The third-order valence-corrected chi connectivity index (χ3v) is 5.33. The van der Waals surface area contributed by atoms with Crippen LogP contribution >= 0.6 is 11.3 Å². The molecule has 1 atom stereocenters. The Morgan fingerprint density at radius 1 is 1.33 bits per heavy atom. The lowest BCUT2D eigenvalue weighted by molar-refractivity contribution is -0.138. The number of halogens is 3. The minimum absolute atomic E-state index is 0.290. The largest absolute Gasteiger partial charge is 0.480 e. The van der Waals surface area contributed by atoms with E-state index in [-0.39, 0.29) is 0 Å². The Balaban J connectivity index is 2.24. The zero-order chi connectivity index (χ0) is 19.8. The second-order valence-corrected chi connectivity index (χ2v) is 7.02. The Morgan fingerprint density at radius 2 is 2.07 bits per heavy atom. The lowest BCUT2D eigenvalue weighted by Crippen LogP contribution is -2.26. The quantitative estimate of drug-likeness (QED) is 0.648. The molecule has 0 aliphatic carbocycles. The van der Waals surface area contributed by atoms with Gasteiger partial charge in [0.25, 0.3) is 0 Å². The second kappa shape index (κ2) is 7.15. The van der Waals surface area contributed by atoms with Crippen LogP contribution in [-0.4, -0.2) is 27.1 Å². The molecular formula is C18H16F3N3O2S.